The number of amides is 3. The van der Waals surface area contributed by atoms with Gasteiger partial charge in [0.25, 0.3) is 5.91 Å². The number of hydrogen-bond donors (Lipinski definition) is 3. The van der Waals surface area contributed by atoms with E-state index < -0.39 is 6.03 Å². The molecule has 3 amide bonds. The van der Waals surface area contributed by atoms with E-state index in [0.717, 1.165) is 0 Å². The van der Waals surface area contributed by atoms with E-state index in [9.17, 15) is 9.59 Å². The smallest absolute Gasteiger partial charge is 0.323 e. The summed E-state index contributed by atoms with van der Waals surface area (Å²) < 4.78 is 5.04. The van der Waals surface area contributed by atoms with Crippen molar-refractivity contribution >= 4 is 40.6 Å². The summed E-state index contributed by atoms with van der Waals surface area (Å²) in [6, 6.07) is 16.3. The van der Waals surface area contributed by atoms with Crippen LogP contribution in [-0.4, -0.2) is 11.9 Å². The Balaban J connectivity index is 1.62. The normalized spacial score (nSPS) is 10.1. The molecule has 7 heteroatoms. The van der Waals surface area contributed by atoms with E-state index in [0.29, 0.717) is 22.1 Å². The Morgan fingerprint density at radius 2 is 1.48 bits per heavy atom. The molecule has 3 rings (SSSR count). The van der Waals surface area contributed by atoms with Crippen LogP contribution in [0.2, 0.25) is 5.02 Å². The molecular weight excluding hydrogens is 342 g/mol. The number of nitrogens with one attached hydrogen (secondary N) is 3. The van der Waals surface area contributed by atoms with E-state index >= 15 is 0 Å². The first kappa shape index (κ1) is 16.6. The number of urea groups is 1. The summed E-state index contributed by atoms with van der Waals surface area (Å²) in [6.07, 6.45) is 1.42. The summed E-state index contributed by atoms with van der Waals surface area (Å²) in [6.45, 7) is 0. The maximum absolute atomic E-state index is 12.0. The number of anilines is 3. The molecule has 0 spiro atoms. The fraction of sp³-hybridized carbons (Fsp3) is 0. The Hall–Kier alpha value is -3.25. The molecule has 1 aromatic heterocycles. The van der Waals surface area contributed by atoms with Crippen molar-refractivity contribution in [3.63, 3.8) is 0 Å². The second-order valence-electron chi connectivity index (χ2n) is 5.10. The van der Waals surface area contributed by atoms with Gasteiger partial charge in [0.15, 0.2) is 5.76 Å². The lowest BCUT2D eigenvalue weighted by Gasteiger charge is -2.09. The zero-order valence-corrected chi connectivity index (χ0v) is 13.7. The molecule has 126 valence electrons. The van der Waals surface area contributed by atoms with Gasteiger partial charge in [-0.15, -0.1) is 0 Å². The molecule has 0 atom stereocenters. The molecule has 0 unspecified atom stereocenters. The lowest BCUT2D eigenvalue weighted by Crippen LogP contribution is -2.19. The Labute approximate surface area is 148 Å². The lowest BCUT2D eigenvalue weighted by molar-refractivity contribution is 0.0996. The minimum atomic E-state index is -0.406. The minimum absolute atomic E-state index is 0.207. The summed E-state index contributed by atoms with van der Waals surface area (Å²) in [5.41, 5.74) is 1.68. The summed E-state index contributed by atoms with van der Waals surface area (Å²) in [7, 11) is 0. The van der Waals surface area contributed by atoms with Gasteiger partial charge in [0, 0.05) is 22.1 Å². The standard InChI is InChI=1S/C18H14ClN3O3/c19-12-6-8-13(9-7-12)21-18(24)22-15-4-1-3-14(11-15)20-17(23)16-5-2-10-25-16/h1-11H,(H,20,23)(H2,21,22,24). The quantitative estimate of drug-likeness (QED) is 0.626. The molecule has 3 aromatic rings. The van der Waals surface area contributed by atoms with Gasteiger partial charge in [-0.1, -0.05) is 17.7 Å². The third kappa shape index (κ3) is 4.62. The SMILES string of the molecule is O=C(Nc1ccc(Cl)cc1)Nc1cccc(NC(=O)c2ccco2)c1. The van der Waals surface area contributed by atoms with Gasteiger partial charge >= 0.3 is 6.03 Å². The van der Waals surface area contributed by atoms with Crippen LogP contribution in [-0.2, 0) is 0 Å². The molecule has 25 heavy (non-hydrogen) atoms. The minimum Gasteiger partial charge on any atom is -0.459 e. The van der Waals surface area contributed by atoms with Crippen LogP contribution in [0.4, 0.5) is 21.9 Å². The van der Waals surface area contributed by atoms with Crippen LogP contribution in [0.3, 0.4) is 0 Å². The van der Waals surface area contributed by atoms with Crippen LogP contribution >= 0.6 is 11.6 Å². The molecule has 0 fully saturated rings. The highest BCUT2D eigenvalue weighted by Crippen LogP contribution is 2.17. The molecule has 2 aromatic carbocycles. The molecule has 6 nitrogen and oxygen atoms in total. The summed E-state index contributed by atoms with van der Waals surface area (Å²) >= 11 is 5.80. The average molecular weight is 356 g/mol. The first-order valence-electron chi connectivity index (χ1n) is 7.39. The molecular formula is C18H14ClN3O3. The summed E-state index contributed by atoms with van der Waals surface area (Å²) in [4.78, 5) is 24.0. The van der Waals surface area contributed by atoms with Gasteiger partial charge in [-0.2, -0.15) is 0 Å². The van der Waals surface area contributed by atoms with Crippen LogP contribution < -0.4 is 16.0 Å². The molecule has 0 aliphatic rings. The number of halogens is 1. The molecule has 0 bridgehead atoms. The van der Waals surface area contributed by atoms with Crippen molar-refractivity contribution in [2.24, 2.45) is 0 Å². The highest BCUT2D eigenvalue weighted by atomic mass is 35.5. The van der Waals surface area contributed by atoms with E-state index in [1.807, 2.05) is 0 Å². The molecule has 3 N–H and O–H groups in total. The lowest BCUT2D eigenvalue weighted by atomic mass is 10.2. The van der Waals surface area contributed by atoms with Crippen molar-refractivity contribution in [3.05, 3.63) is 77.7 Å². The molecule has 0 saturated carbocycles. The van der Waals surface area contributed by atoms with Crippen molar-refractivity contribution in [1.82, 2.24) is 0 Å². The topological polar surface area (TPSA) is 83.4 Å². The van der Waals surface area contributed by atoms with Gasteiger partial charge in [0.2, 0.25) is 0 Å². The first-order chi connectivity index (χ1) is 12.1. The van der Waals surface area contributed by atoms with Crippen LogP contribution in [0.25, 0.3) is 0 Å². The van der Waals surface area contributed by atoms with Crippen LogP contribution in [0.15, 0.2) is 71.3 Å². The van der Waals surface area contributed by atoms with Gasteiger partial charge in [-0.05, 0) is 54.6 Å². The van der Waals surface area contributed by atoms with Crippen molar-refractivity contribution in [3.8, 4) is 0 Å². The zero-order valence-electron chi connectivity index (χ0n) is 13.0. The van der Waals surface area contributed by atoms with Gasteiger partial charge in [-0.25, -0.2) is 4.79 Å². The van der Waals surface area contributed by atoms with E-state index in [1.54, 1.807) is 60.7 Å². The second-order valence-corrected chi connectivity index (χ2v) is 5.53. The van der Waals surface area contributed by atoms with Crippen LogP contribution in [0.1, 0.15) is 10.6 Å². The molecule has 0 saturated heterocycles. The van der Waals surface area contributed by atoms with Crippen LogP contribution in [0.5, 0.6) is 0 Å². The molecule has 1 heterocycles. The predicted octanol–water partition coefficient (Wildman–Crippen LogP) is 4.83. The second kappa shape index (κ2) is 7.55. The number of benzene rings is 2. The fourth-order valence-corrected chi connectivity index (χ4v) is 2.23. The maximum Gasteiger partial charge on any atom is 0.323 e. The van der Waals surface area contributed by atoms with E-state index in [4.69, 9.17) is 16.0 Å². The molecule has 0 radical (unpaired) electrons. The fourth-order valence-electron chi connectivity index (χ4n) is 2.10. The predicted molar refractivity (Wildman–Crippen MR) is 97.2 cm³/mol. The zero-order chi connectivity index (χ0) is 17.6. The molecule has 0 aliphatic carbocycles. The third-order valence-corrected chi connectivity index (χ3v) is 3.48. The monoisotopic (exact) mass is 355 g/mol. The van der Waals surface area contributed by atoms with Gasteiger partial charge in [0.05, 0.1) is 6.26 Å². The van der Waals surface area contributed by atoms with Gasteiger partial charge in [0.1, 0.15) is 0 Å². The Morgan fingerprint density at radius 3 is 2.16 bits per heavy atom. The number of carbonyl (C=O) groups is 2. The summed E-state index contributed by atoms with van der Waals surface area (Å²) in [5.74, 6) is -0.161. The van der Waals surface area contributed by atoms with Crippen LogP contribution in [0, 0.1) is 0 Å². The van der Waals surface area contributed by atoms with Gasteiger partial charge in [-0.3, -0.25) is 4.79 Å². The van der Waals surface area contributed by atoms with E-state index in [1.165, 1.54) is 6.26 Å². The highest BCUT2D eigenvalue weighted by Gasteiger charge is 2.09. The number of carbonyl (C=O) groups excluding carboxylic acids is 2. The molecule has 0 aliphatic heterocycles. The third-order valence-electron chi connectivity index (χ3n) is 3.23. The van der Waals surface area contributed by atoms with Crippen molar-refractivity contribution in [2.45, 2.75) is 0 Å². The maximum atomic E-state index is 12.0. The number of rotatable bonds is 4. The van der Waals surface area contributed by atoms with Crippen molar-refractivity contribution < 1.29 is 14.0 Å². The highest BCUT2D eigenvalue weighted by molar-refractivity contribution is 6.30. The average Bonchev–Trinajstić information content (AvgIpc) is 3.12. The Bertz CT molecular complexity index is 877. The number of hydrogen-bond acceptors (Lipinski definition) is 3. The largest absolute Gasteiger partial charge is 0.459 e. The number of furan rings is 1. The first-order valence-corrected chi connectivity index (χ1v) is 7.76. The van der Waals surface area contributed by atoms with E-state index in [2.05, 4.69) is 16.0 Å². The summed E-state index contributed by atoms with van der Waals surface area (Å²) in [5, 5.41) is 8.67. The van der Waals surface area contributed by atoms with Crippen molar-refractivity contribution in [2.75, 3.05) is 16.0 Å². The Morgan fingerprint density at radius 1 is 0.800 bits per heavy atom. The Kier molecular flexibility index (Phi) is 5.01. The van der Waals surface area contributed by atoms with E-state index in [-0.39, 0.29) is 11.7 Å². The van der Waals surface area contributed by atoms with Crippen molar-refractivity contribution in [1.29, 1.82) is 0 Å². The van der Waals surface area contributed by atoms with Gasteiger partial charge < -0.3 is 20.4 Å².